The van der Waals surface area contributed by atoms with Crippen molar-refractivity contribution in [1.29, 1.82) is 5.26 Å². The largest absolute Gasteiger partial charge is 0.506 e. The van der Waals surface area contributed by atoms with Crippen LogP contribution >= 0.6 is 0 Å². The summed E-state index contributed by atoms with van der Waals surface area (Å²) < 4.78 is 4.86. The van der Waals surface area contributed by atoms with Crippen LogP contribution in [-0.2, 0) is 4.74 Å². The van der Waals surface area contributed by atoms with Crippen molar-refractivity contribution in [3.05, 3.63) is 0 Å². The van der Waals surface area contributed by atoms with E-state index in [1.54, 1.807) is 0 Å². The molecule has 0 aliphatic rings. The van der Waals surface area contributed by atoms with Gasteiger partial charge < -0.3 is 9.84 Å². The van der Waals surface area contributed by atoms with E-state index in [4.69, 9.17) is 15.1 Å². The van der Waals surface area contributed by atoms with Gasteiger partial charge in [0.05, 0.1) is 6.07 Å². The van der Waals surface area contributed by atoms with Gasteiger partial charge in [0, 0.05) is 6.42 Å². The highest BCUT2D eigenvalue weighted by Gasteiger charge is 2.12. The van der Waals surface area contributed by atoms with Crippen molar-refractivity contribution < 1.29 is 14.6 Å². The van der Waals surface area contributed by atoms with Gasteiger partial charge in [-0.2, -0.15) is 5.26 Å². The molecule has 116 valence electrons. The summed E-state index contributed by atoms with van der Waals surface area (Å²) >= 11 is 0. The van der Waals surface area contributed by atoms with E-state index in [2.05, 4.69) is 13.0 Å². The maximum atomic E-state index is 10.6. The minimum Gasteiger partial charge on any atom is -0.450 e. The predicted octanol–water partition coefficient (Wildman–Crippen LogP) is 5.27. The average molecular weight is 283 g/mol. The Balaban J connectivity index is 3.57. The van der Waals surface area contributed by atoms with Gasteiger partial charge >= 0.3 is 6.16 Å². The summed E-state index contributed by atoms with van der Waals surface area (Å²) in [5.74, 6) is 0. The molecule has 1 unspecified atom stereocenters. The Morgan fingerprint density at radius 2 is 1.60 bits per heavy atom. The summed E-state index contributed by atoms with van der Waals surface area (Å²) in [6.45, 7) is 2.22. The first-order chi connectivity index (χ1) is 9.70. The Labute approximate surface area is 123 Å². The van der Waals surface area contributed by atoms with E-state index in [0.717, 1.165) is 19.3 Å². The first-order valence-corrected chi connectivity index (χ1v) is 7.97. The lowest BCUT2D eigenvalue weighted by Crippen LogP contribution is -2.16. The van der Waals surface area contributed by atoms with Crippen LogP contribution in [-0.4, -0.2) is 17.4 Å². The number of carbonyl (C=O) groups is 1. The molecule has 0 aliphatic carbocycles. The van der Waals surface area contributed by atoms with Crippen LogP contribution < -0.4 is 0 Å². The molecule has 0 saturated heterocycles. The van der Waals surface area contributed by atoms with E-state index in [0.29, 0.717) is 19.3 Å². The van der Waals surface area contributed by atoms with Crippen LogP contribution in [0.1, 0.15) is 84.0 Å². The van der Waals surface area contributed by atoms with Gasteiger partial charge in [-0.05, 0) is 25.7 Å². The number of carboxylic acid groups (broad SMARTS) is 1. The Kier molecular flexibility index (Phi) is 13.3. The minimum atomic E-state index is -1.20. The molecule has 4 nitrogen and oxygen atoms in total. The second-order valence-corrected chi connectivity index (χ2v) is 5.32. The van der Waals surface area contributed by atoms with Crippen molar-refractivity contribution >= 4 is 6.16 Å². The molecule has 0 aromatic heterocycles. The summed E-state index contributed by atoms with van der Waals surface area (Å²) in [5.41, 5.74) is 0. The summed E-state index contributed by atoms with van der Waals surface area (Å²) in [7, 11) is 0. The van der Waals surface area contributed by atoms with Crippen molar-refractivity contribution in [1.82, 2.24) is 0 Å². The fraction of sp³-hybridized carbons (Fsp3) is 0.875. The van der Waals surface area contributed by atoms with Gasteiger partial charge in [-0.25, -0.2) is 4.79 Å². The van der Waals surface area contributed by atoms with Gasteiger partial charge in [0.1, 0.15) is 6.10 Å². The molecule has 0 heterocycles. The van der Waals surface area contributed by atoms with Crippen molar-refractivity contribution in [2.75, 3.05) is 0 Å². The Bertz CT molecular complexity index is 273. The number of hydrogen-bond donors (Lipinski definition) is 1. The SMILES string of the molecule is CCCCCCCCCCC(CCCC#N)OC(=O)O. The summed E-state index contributed by atoms with van der Waals surface area (Å²) in [4.78, 5) is 10.6. The lowest BCUT2D eigenvalue weighted by atomic mass is 10.0. The summed E-state index contributed by atoms with van der Waals surface area (Å²) in [6.07, 6.45) is 11.1. The van der Waals surface area contributed by atoms with E-state index in [1.165, 1.54) is 38.5 Å². The topological polar surface area (TPSA) is 70.3 Å². The molecule has 0 rings (SSSR count). The van der Waals surface area contributed by atoms with Crippen LogP contribution in [0, 0.1) is 11.3 Å². The number of hydrogen-bond acceptors (Lipinski definition) is 3. The zero-order valence-corrected chi connectivity index (χ0v) is 12.8. The molecule has 0 aromatic carbocycles. The maximum absolute atomic E-state index is 10.6. The van der Waals surface area contributed by atoms with E-state index in [9.17, 15) is 4.79 Å². The molecule has 4 heteroatoms. The third kappa shape index (κ3) is 13.2. The second-order valence-electron chi connectivity index (χ2n) is 5.32. The quantitative estimate of drug-likeness (QED) is 0.369. The lowest BCUT2D eigenvalue weighted by Gasteiger charge is -2.15. The van der Waals surface area contributed by atoms with Crippen molar-refractivity contribution in [2.24, 2.45) is 0 Å². The second kappa shape index (κ2) is 14.2. The van der Waals surface area contributed by atoms with Gasteiger partial charge in [-0.3, -0.25) is 0 Å². The highest BCUT2D eigenvalue weighted by molar-refractivity contribution is 5.57. The third-order valence-electron chi connectivity index (χ3n) is 3.46. The van der Waals surface area contributed by atoms with Crippen LogP contribution in [0.4, 0.5) is 4.79 Å². The fourth-order valence-electron chi connectivity index (χ4n) is 2.32. The number of nitrogens with zero attached hydrogens (tertiary/aromatic N) is 1. The van der Waals surface area contributed by atoms with Crippen LogP contribution in [0.25, 0.3) is 0 Å². The maximum Gasteiger partial charge on any atom is 0.506 e. The van der Waals surface area contributed by atoms with Crippen LogP contribution in [0.2, 0.25) is 0 Å². The Morgan fingerprint density at radius 3 is 2.15 bits per heavy atom. The summed E-state index contributed by atoms with van der Waals surface area (Å²) in [5, 5.41) is 17.2. The molecule has 0 radical (unpaired) electrons. The number of nitriles is 1. The molecule has 0 saturated carbocycles. The molecule has 0 aliphatic heterocycles. The zero-order valence-electron chi connectivity index (χ0n) is 12.8. The van der Waals surface area contributed by atoms with Crippen molar-refractivity contribution in [3.8, 4) is 6.07 Å². The molecule has 0 fully saturated rings. The Morgan fingerprint density at radius 1 is 1.05 bits per heavy atom. The first kappa shape index (κ1) is 18.8. The smallest absolute Gasteiger partial charge is 0.450 e. The molecule has 0 bridgehead atoms. The monoisotopic (exact) mass is 283 g/mol. The van der Waals surface area contributed by atoms with Gasteiger partial charge in [0.25, 0.3) is 0 Å². The predicted molar refractivity (Wildman–Crippen MR) is 79.6 cm³/mol. The fourth-order valence-corrected chi connectivity index (χ4v) is 2.32. The van der Waals surface area contributed by atoms with E-state index < -0.39 is 6.16 Å². The molecule has 0 aromatic rings. The third-order valence-corrected chi connectivity index (χ3v) is 3.46. The van der Waals surface area contributed by atoms with Crippen LogP contribution in [0.5, 0.6) is 0 Å². The zero-order chi connectivity index (χ0) is 15.1. The van der Waals surface area contributed by atoms with E-state index in [-0.39, 0.29) is 6.10 Å². The molecule has 20 heavy (non-hydrogen) atoms. The van der Waals surface area contributed by atoms with Gasteiger partial charge in [0.2, 0.25) is 0 Å². The lowest BCUT2D eigenvalue weighted by molar-refractivity contribution is 0.0427. The highest BCUT2D eigenvalue weighted by atomic mass is 16.7. The average Bonchev–Trinajstić information content (AvgIpc) is 2.41. The summed E-state index contributed by atoms with van der Waals surface area (Å²) in [6, 6.07) is 2.07. The van der Waals surface area contributed by atoms with Gasteiger partial charge in [-0.15, -0.1) is 0 Å². The van der Waals surface area contributed by atoms with E-state index >= 15 is 0 Å². The van der Waals surface area contributed by atoms with Gasteiger partial charge in [0.15, 0.2) is 0 Å². The molecule has 0 spiro atoms. The first-order valence-electron chi connectivity index (χ1n) is 7.97. The van der Waals surface area contributed by atoms with E-state index in [1.807, 2.05) is 0 Å². The molecule has 1 atom stereocenters. The molecule has 1 N–H and O–H groups in total. The van der Waals surface area contributed by atoms with Crippen LogP contribution in [0.15, 0.2) is 0 Å². The normalized spacial score (nSPS) is 11.8. The van der Waals surface area contributed by atoms with Gasteiger partial charge in [-0.1, -0.05) is 51.9 Å². The highest BCUT2D eigenvalue weighted by Crippen LogP contribution is 2.15. The molecular formula is C16H29NO3. The number of unbranched alkanes of at least 4 members (excludes halogenated alkanes) is 8. The number of rotatable bonds is 13. The Hall–Kier alpha value is -1.24. The van der Waals surface area contributed by atoms with Crippen molar-refractivity contribution in [2.45, 2.75) is 90.1 Å². The van der Waals surface area contributed by atoms with Crippen LogP contribution in [0.3, 0.4) is 0 Å². The number of ether oxygens (including phenoxy) is 1. The molecular weight excluding hydrogens is 254 g/mol. The minimum absolute atomic E-state index is 0.235. The molecule has 0 amide bonds. The standard InChI is InChI=1S/C16H29NO3/c1-2-3-4-5-6-7-8-9-12-15(20-16(18)19)13-10-11-14-17/h15H,2-13H2,1H3,(H,18,19). The van der Waals surface area contributed by atoms with Crippen molar-refractivity contribution in [3.63, 3.8) is 0 Å².